The molecule has 1 fully saturated rings. The van der Waals surface area contributed by atoms with E-state index in [0.29, 0.717) is 19.7 Å². The predicted octanol–water partition coefficient (Wildman–Crippen LogP) is 3.01. The number of aromatic nitrogens is 1. The van der Waals surface area contributed by atoms with E-state index in [0.717, 1.165) is 30.9 Å². The van der Waals surface area contributed by atoms with Gasteiger partial charge in [-0.3, -0.25) is 9.88 Å². The van der Waals surface area contributed by atoms with Crippen LogP contribution < -0.4 is 5.32 Å². The van der Waals surface area contributed by atoms with Crippen LogP contribution in [0.25, 0.3) is 6.08 Å². The number of ether oxygens (including phenoxy) is 1. The van der Waals surface area contributed by atoms with Crippen molar-refractivity contribution in [3.05, 3.63) is 66.0 Å². The van der Waals surface area contributed by atoms with Crippen molar-refractivity contribution in [1.29, 1.82) is 0 Å². The average molecular weight is 394 g/mol. The molecule has 2 amide bonds. The molecule has 0 radical (unpaired) electrons. The molecule has 152 valence electrons. The first-order valence-corrected chi connectivity index (χ1v) is 9.76. The molecular formula is C22H26N4O3. The fourth-order valence-electron chi connectivity index (χ4n) is 3.09. The molecule has 7 heteroatoms. The molecular weight excluding hydrogens is 368 g/mol. The maximum Gasteiger partial charge on any atom is 0.330 e. The summed E-state index contributed by atoms with van der Waals surface area (Å²) in [5, 5.41) is 2.93. The lowest BCUT2D eigenvalue weighted by Gasteiger charge is -2.34. The first kappa shape index (κ1) is 20.5. The third kappa shape index (κ3) is 6.43. The molecule has 2 heterocycles. The van der Waals surface area contributed by atoms with Crippen molar-refractivity contribution in [1.82, 2.24) is 14.8 Å². The quantitative estimate of drug-likeness (QED) is 0.602. The van der Waals surface area contributed by atoms with Crippen LogP contribution in [0.2, 0.25) is 0 Å². The average Bonchev–Trinajstić information content (AvgIpc) is 2.75. The van der Waals surface area contributed by atoms with Crippen LogP contribution in [0, 0.1) is 0 Å². The minimum atomic E-state index is -0.368. The van der Waals surface area contributed by atoms with Gasteiger partial charge in [0.2, 0.25) is 0 Å². The highest BCUT2D eigenvalue weighted by molar-refractivity contribution is 5.90. The summed E-state index contributed by atoms with van der Waals surface area (Å²) in [6.07, 6.45) is 6.73. The lowest BCUT2D eigenvalue weighted by atomic mass is 10.2. The maximum atomic E-state index is 12.5. The number of nitrogens with zero attached hydrogens (tertiary/aromatic N) is 3. The fraction of sp³-hybridized carbons (Fsp3) is 0.318. The zero-order chi connectivity index (χ0) is 20.5. The molecule has 0 spiro atoms. The molecule has 29 heavy (non-hydrogen) atoms. The van der Waals surface area contributed by atoms with E-state index in [4.69, 9.17) is 4.74 Å². The van der Waals surface area contributed by atoms with Crippen LogP contribution in [0.3, 0.4) is 0 Å². The van der Waals surface area contributed by atoms with Gasteiger partial charge in [-0.15, -0.1) is 0 Å². The highest BCUT2D eigenvalue weighted by atomic mass is 16.5. The largest absolute Gasteiger partial charge is 0.463 e. The molecule has 7 nitrogen and oxygen atoms in total. The van der Waals surface area contributed by atoms with Gasteiger partial charge in [0.1, 0.15) is 0 Å². The molecule has 1 aromatic carbocycles. The third-order valence-corrected chi connectivity index (χ3v) is 4.65. The SMILES string of the molecule is CCOC(=O)/C=C/c1ccc(NC(=O)N2CCN(Cc3cccnc3)CC2)cc1. The second kappa shape index (κ2) is 10.4. The van der Waals surface area contributed by atoms with Gasteiger partial charge < -0.3 is 15.0 Å². The summed E-state index contributed by atoms with van der Waals surface area (Å²) < 4.78 is 4.85. The van der Waals surface area contributed by atoms with Crippen molar-refractivity contribution in [3.63, 3.8) is 0 Å². The number of carbonyl (C=O) groups excluding carboxylic acids is 2. The molecule has 2 aromatic rings. The van der Waals surface area contributed by atoms with E-state index in [-0.39, 0.29) is 12.0 Å². The number of benzene rings is 1. The number of rotatable bonds is 6. The van der Waals surface area contributed by atoms with E-state index < -0.39 is 0 Å². The van der Waals surface area contributed by atoms with Crippen LogP contribution in [0.1, 0.15) is 18.1 Å². The van der Waals surface area contributed by atoms with Crippen LogP contribution in [0.4, 0.5) is 10.5 Å². The molecule has 1 aliphatic rings. The van der Waals surface area contributed by atoms with Crippen LogP contribution in [0.5, 0.6) is 0 Å². The molecule has 1 saturated heterocycles. The van der Waals surface area contributed by atoms with Gasteiger partial charge >= 0.3 is 12.0 Å². The van der Waals surface area contributed by atoms with E-state index in [1.54, 1.807) is 19.2 Å². The summed E-state index contributed by atoms with van der Waals surface area (Å²) in [6, 6.07) is 11.2. The normalized spacial score (nSPS) is 14.7. The number of nitrogens with one attached hydrogen (secondary N) is 1. The molecule has 0 aliphatic carbocycles. The Labute approximate surface area is 171 Å². The van der Waals surface area contributed by atoms with Crippen LogP contribution >= 0.6 is 0 Å². The number of anilines is 1. The van der Waals surface area contributed by atoms with Crippen molar-refractivity contribution in [2.75, 3.05) is 38.1 Å². The predicted molar refractivity (Wildman–Crippen MR) is 112 cm³/mol. The summed E-state index contributed by atoms with van der Waals surface area (Å²) in [6.45, 7) is 6.01. The van der Waals surface area contributed by atoms with Crippen molar-refractivity contribution < 1.29 is 14.3 Å². The number of piperazine rings is 1. The molecule has 1 N–H and O–H groups in total. The number of amides is 2. The lowest BCUT2D eigenvalue weighted by Crippen LogP contribution is -2.49. The molecule has 3 rings (SSSR count). The molecule has 0 bridgehead atoms. The Hall–Kier alpha value is -3.19. The Morgan fingerprint density at radius 1 is 1.14 bits per heavy atom. The number of urea groups is 1. The Bertz CT molecular complexity index is 829. The fourth-order valence-corrected chi connectivity index (χ4v) is 3.09. The van der Waals surface area contributed by atoms with E-state index in [1.807, 2.05) is 41.4 Å². The van der Waals surface area contributed by atoms with Crippen LogP contribution in [-0.4, -0.2) is 59.6 Å². The van der Waals surface area contributed by atoms with Gasteiger partial charge in [0.15, 0.2) is 0 Å². The van der Waals surface area contributed by atoms with Crippen molar-refractivity contribution >= 4 is 23.8 Å². The Balaban J connectivity index is 1.45. The van der Waals surface area contributed by atoms with E-state index in [2.05, 4.69) is 21.3 Å². The molecule has 1 aromatic heterocycles. The highest BCUT2D eigenvalue weighted by Crippen LogP contribution is 2.13. The van der Waals surface area contributed by atoms with E-state index in [1.165, 1.54) is 11.6 Å². The minimum Gasteiger partial charge on any atom is -0.463 e. The number of hydrogen-bond acceptors (Lipinski definition) is 5. The Morgan fingerprint density at radius 2 is 1.90 bits per heavy atom. The Kier molecular flexibility index (Phi) is 7.35. The first-order chi connectivity index (χ1) is 14.1. The molecule has 1 aliphatic heterocycles. The van der Waals surface area contributed by atoms with Gasteiger partial charge in [0.05, 0.1) is 6.61 Å². The summed E-state index contributed by atoms with van der Waals surface area (Å²) in [7, 11) is 0. The standard InChI is InChI=1S/C22H26N4O3/c1-2-29-21(27)10-7-18-5-8-20(9-6-18)24-22(28)26-14-12-25(13-15-26)17-19-4-3-11-23-16-19/h3-11,16H,2,12-15,17H2,1H3,(H,24,28)/b10-7+. The van der Waals surface area contributed by atoms with Crippen molar-refractivity contribution in [2.45, 2.75) is 13.5 Å². The van der Waals surface area contributed by atoms with Crippen LogP contribution in [-0.2, 0) is 16.1 Å². The number of esters is 1. The summed E-state index contributed by atoms with van der Waals surface area (Å²) in [5.41, 5.74) is 2.77. The number of carbonyl (C=O) groups is 2. The van der Waals surface area contributed by atoms with Crippen molar-refractivity contribution in [2.24, 2.45) is 0 Å². The monoisotopic (exact) mass is 394 g/mol. The van der Waals surface area contributed by atoms with Crippen molar-refractivity contribution in [3.8, 4) is 0 Å². The summed E-state index contributed by atoms with van der Waals surface area (Å²) in [5.74, 6) is -0.368. The number of pyridine rings is 1. The summed E-state index contributed by atoms with van der Waals surface area (Å²) in [4.78, 5) is 32.2. The zero-order valence-corrected chi connectivity index (χ0v) is 16.6. The topological polar surface area (TPSA) is 74.8 Å². The first-order valence-electron chi connectivity index (χ1n) is 9.76. The van der Waals surface area contributed by atoms with Gasteiger partial charge in [-0.2, -0.15) is 0 Å². The minimum absolute atomic E-state index is 0.0964. The van der Waals surface area contributed by atoms with Gasteiger partial charge in [-0.25, -0.2) is 9.59 Å². The van der Waals surface area contributed by atoms with E-state index >= 15 is 0 Å². The highest BCUT2D eigenvalue weighted by Gasteiger charge is 2.21. The maximum absolute atomic E-state index is 12.5. The second-order valence-corrected chi connectivity index (χ2v) is 6.76. The van der Waals surface area contributed by atoms with Gasteiger partial charge in [-0.05, 0) is 42.3 Å². The number of hydrogen-bond donors (Lipinski definition) is 1. The zero-order valence-electron chi connectivity index (χ0n) is 16.6. The lowest BCUT2D eigenvalue weighted by molar-refractivity contribution is -0.137. The van der Waals surface area contributed by atoms with Gasteiger partial charge in [-0.1, -0.05) is 18.2 Å². The second-order valence-electron chi connectivity index (χ2n) is 6.76. The van der Waals surface area contributed by atoms with Gasteiger partial charge in [0.25, 0.3) is 0 Å². The molecule has 0 unspecified atom stereocenters. The smallest absolute Gasteiger partial charge is 0.330 e. The van der Waals surface area contributed by atoms with Crippen LogP contribution in [0.15, 0.2) is 54.9 Å². The Morgan fingerprint density at radius 3 is 2.55 bits per heavy atom. The summed E-state index contributed by atoms with van der Waals surface area (Å²) >= 11 is 0. The third-order valence-electron chi connectivity index (χ3n) is 4.65. The van der Waals surface area contributed by atoms with E-state index in [9.17, 15) is 9.59 Å². The molecule has 0 atom stereocenters. The molecule has 0 saturated carbocycles. The van der Waals surface area contributed by atoms with Gasteiger partial charge in [0, 0.05) is 56.9 Å².